The summed E-state index contributed by atoms with van der Waals surface area (Å²) in [7, 11) is 0. The second-order valence-electron chi connectivity index (χ2n) is 8.60. The molecule has 0 unspecified atom stereocenters. The van der Waals surface area contributed by atoms with Gasteiger partial charge in [-0.15, -0.1) is 0 Å². The highest BCUT2D eigenvalue weighted by Crippen LogP contribution is 2.61. The fourth-order valence-electron chi connectivity index (χ4n) is 4.08. The van der Waals surface area contributed by atoms with E-state index in [1.165, 1.54) is 0 Å². The molecular weight excluding hydrogens is 324 g/mol. The van der Waals surface area contributed by atoms with Crippen LogP contribution in [0.3, 0.4) is 0 Å². The van der Waals surface area contributed by atoms with Gasteiger partial charge in [0.1, 0.15) is 5.52 Å². The monoisotopic (exact) mass is 346 g/mol. The molecule has 128 valence electrons. The zero-order chi connectivity index (χ0) is 17.1. The van der Waals surface area contributed by atoms with E-state index in [0.717, 1.165) is 42.7 Å². The molecule has 1 spiro atoms. The van der Waals surface area contributed by atoms with Crippen LogP contribution in [0.15, 0.2) is 22.6 Å². The van der Waals surface area contributed by atoms with Gasteiger partial charge in [0.2, 0.25) is 5.91 Å². The molecule has 1 N–H and O–H groups in total. The molecule has 1 heterocycles. The van der Waals surface area contributed by atoms with E-state index in [0.29, 0.717) is 22.4 Å². The Bertz CT molecular complexity index is 791. The molecule has 1 aromatic carbocycles. The van der Waals surface area contributed by atoms with Crippen LogP contribution in [0, 0.1) is 10.8 Å². The zero-order valence-corrected chi connectivity index (χ0v) is 15.1. The summed E-state index contributed by atoms with van der Waals surface area (Å²) in [6.07, 6.45) is 4.37. The highest BCUT2D eigenvalue weighted by atomic mass is 35.5. The number of rotatable bonds is 2. The van der Waals surface area contributed by atoms with Crippen LogP contribution in [0.5, 0.6) is 0 Å². The van der Waals surface area contributed by atoms with E-state index in [1.807, 2.05) is 39.0 Å². The fraction of sp³-hybridized carbons (Fsp3) is 0.579. The lowest BCUT2D eigenvalue weighted by Gasteiger charge is -2.57. The Morgan fingerprint density at radius 3 is 2.67 bits per heavy atom. The van der Waals surface area contributed by atoms with Crippen LogP contribution in [-0.4, -0.2) is 16.9 Å². The first kappa shape index (κ1) is 15.9. The summed E-state index contributed by atoms with van der Waals surface area (Å²) in [5.74, 6) is 1.38. The molecule has 2 aliphatic rings. The fourth-order valence-corrected chi connectivity index (χ4v) is 4.24. The highest BCUT2D eigenvalue weighted by Gasteiger charge is 2.54. The van der Waals surface area contributed by atoms with Crippen molar-refractivity contribution in [1.29, 1.82) is 0 Å². The van der Waals surface area contributed by atoms with E-state index < -0.39 is 0 Å². The lowest BCUT2D eigenvalue weighted by molar-refractivity contribution is -0.132. The van der Waals surface area contributed by atoms with Crippen LogP contribution in [0.2, 0.25) is 5.02 Å². The van der Waals surface area contributed by atoms with Crippen molar-refractivity contribution in [2.24, 2.45) is 10.8 Å². The second kappa shape index (κ2) is 5.22. The quantitative estimate of drug-likeness (QED) is 0.859. The number of nitrogens with one attached hydrogen (secondary N) is 1. The number of carbonyl (C=O) groups is 1. The third-order valence-corrected chi connectivity index (χ3v) is 5.68. The molecule has 1 aromatic heterocycles. The van der Waals surface area contributed by atoms with E-state index in [-0.39, 0.29) is 11.3 Å². The van der Waals surface area contributed by atoms with Crippen LogP contribution in [0.25, 0.3) is 11.1 Å². The molecule has 0 radical (unpaired) electrons. The maximum atomic E-state index is 12.1. The Labute approximate surface area is 147 Å². The third kappa shape index (κ3) is 2.71. The van der Waals surface area contributed by atoms with E-state index in [1.54, 1.807) is 0 Å². The molecule has 4 nitrogen and oxygen atoms in total. The van der Waals surface area contributed by atoms with Gasteiger partial charge in [0.05, 0.1) is 0 Å². The lowest BCUT2D eigenvalue weighted by atomic mass is 9.50. The largest absolute Gasteiger partial charge is 0.440 e. The predicted molar refractivity (Wildman–Crippen MR) is 94.0 cm³/mol. The highest BCUT2D eigenvalue weighted by molar-refractivity contribution is 6.31. The number of aromatic nitrogens is 1. The topological polar surface area (TPSA) is 55.1 Å². The van der Waals surface area contributed by atoms with E-state index in [4.69, 9.17) is 16.0 Å². The van der Waals surface area contributed by atoms with Crippen molar-refractivity contribution in [1.82, 2.24) is 10.3 Å². The molecule has 2 saturated carbocycles. The van der Waals surface area contributed by atoms with Crippen molar-refractivity contribution in [2.45, 2.75) is 58.4 Å². The first-order valence-corrected chi connectivity index (χ1v) is 8.99. The minimum atomic E-state index is -0.315. The van der Waals surface area contributed by atoms with Crippen molar-refractivity contribution in [3.63, 3.8) is 0 Å². The second-order valence-corrected chi connectivity index (χ2v) is 9.03. The van der Waals surface area contributed by atoms with Crippen LogP contribution in [-0.2, 0) is 4.79 Å². The van der Waals surface area contributed by atoms with Gasteiger partial charge >= 0.3 is 0 Å². The van der Waals surface area contributed by atoms with Crippen molar-refractivity contribution >= 4 is 28.6 Å². The van der Waals surface area contributed by atoms with Crippen LogP contribution in [0.1, 0.15) is 58.3 Å². The summed E-state index contributed by atoms with van der Waals surface area (Å²) < 4.78 is 5.89. The Morgan fingerprint density at radius 1 is 1.29 bits per heavy atom. The molecular formula is C19H23ClN2O2. The molecule has 4 rings (SSSR count). The van der Waals surface area contributed by atoms with E-state index in [9.17, 15) is 4.79 Å². The Balaban J connectivity index is 1.34. The molecule has 2 aromatic rings. The summed E-state index contributed by atoms with van der Waals surface area (Å²) in [4.78, 5) is 16.6. The number of oxazole rings is 1. The minimum Gasteiger partial charge on any atom is -0.440 e. The Hall–Kier alpha value is -1.55. The number of fused-ring (bicyclic) bond motifs is 1. The smallest absolute Gasteiger partial charge is 0.225 e. The average molecular weight is 347 g/mol. The SMILES string of the molecule is CC(C)(C)C(=O)NC1CC2(C1)CC(c1nc3cc(Cl)ccc3o1)C2. The summed E-state index contributed by atoms with van der Waals surface area (Å²) in [5, 5.41) is 3.85. The summed E-state index contributed by atoms with van der Waals surface area (Å²) >= 11 is 6.01. The minimum absolute atomic E-state index is 0.147. The van der Waals surface area contributed by atoms with Crippen LogP contribution in [0.4, 0.5) is 0 Å². The molecule has 1 amide bonds. The van der Waals surface area contributed by atoms with Gasteiger partial charge in [-0.2, -0.15) is 0 Å². The van der Waals surface area contributed by atoms with Gasteiger partial charge in [-0.3, -0.25) is 4.79 Å². The van der Waals surface area contributed by atoms with Gasteiger partial charge in [-0.25, -0.2) is 4.98 Å². The molecule has 2 fully saturated rings. The lowest BCUT2D eigenvalue weighted by Crippen LogP contribution is -2.57. The van der Waals surface area contributed by atoms with Crippen LogP contribution >= 0.6 is 11.6 Å². The number of amides is 1. The third-order valence-electron chi connectivity index (χ3n) is 5.45. The average Bonchev–Trinajstić information content (AvgIpc) is 2.80. The number of hydrogen-bond acceptors (Lipinski definition) is 3. The van der Waals surface area contributed by atoms with E-state index >= 15 is 0 Å². The Kier molecular flexibility index (Phi) is 3.47. The van der Waals surface area contributed by atoms with Gasteiger partial charge in [0.15, 0.2) is 11.5 Å². The number of halogens is 1. The van der Waals surface area contributed by atoms with Gasteiger partial charge in [-0.1, -0.05) is 32.4 Å². The molecule has 2 aliphatic carbocycles. The number of nitrogens with zero attached hydrogens (tertiary/aromatic N) is 1. The van der Waals surface area contributed by atoms with Gasteiger partial charge in [-0.05, 0) is 49.3 Å². The number of hydrogen-bond donors (Lipinski definition) is 1. The van der Waals surface area contributed by atoms with E-state index in [2.05, 4.69) is 10.3 Å². The van der Waals surface area contributed by atoms with Gasteiger partial charge in [0.25, 0.3) is 0 Å². The summed E-state index contributed by atoms with van der Waals surface area (Å²) in [5.41, 5.74) is 1.71. The maximum Gasteiger partial charge on any atom is 0.225 e. The molecule has 5 heteroatoms. The maximum absolute atomic E-state index is 12.1. The first-order chi connectivity index (χ1) is 11.2. The normalized spacial score (nSPS) is 29.3. The molecule has 0 bridgehead atoms. The summed E-state index contributed by atoms with van der Waals surface area (Å²) in [6.45, 7) is 5.86. The van der Waals surface area contributed by atoms with Crippen molar-refractivity contribution < 1.29 is 9.21 Å². The number of carbonyl (C=O) groups excluding carboxylic acids is 1. The number of benzene rings is 1. The van der Waals surface area contributed by atoms with Crippen molar-refractivity contribution in [2.75, 3.05) is 0 Å². The Morgan fingerprint density at radius 2 is 2.00 bits per heavy atom. The zero-order valence-electron chi connectivity index (χ0n) is 14.4. The van der Waals surface area contributed by atoms with Gasteiger partial charge in [0, 0.05) is 22.4 Å². The molecule has 24 heavy (non-hydrogen) atoms. The standard InChI is InChI=1S/C19H23ClN2O2/c1-18(2,3)17(23)21-13-9-19(10-13)7-11(8-19)16-22-14-6-12(20)4-5-15(14)24-16/h4-6,11,13H,7-10H2,1-3H3,(H,21,23). The van der Waals surface area contributed by atoms with Gasteiger partial charge < -0.3 is 9.73 Å². The first-order valence-electron chi connectivity index (χ1n) is 8.61. The predicted octanol–water partition coefficient (Wildman–Crippen LogP) is 4.67. The molecule has 0 aliphatic heterocycles. The van der Waals surface area contributed by atoms with Crippen LogP contribution < -0.4 is 5.32 Å². The summed E-state index contributed by atoms with van der Waals surface area (Å²) in [6, 6.07) is 5.89. The molecule has 0 atom stereocenters. The van der Waals surface area contributed by atoms with Crippen molar-refractivity contribution in [3.05, 3.63) is 29.1 Å². The molecule has 0 saturated heterocycles. The van der Waals surface area contributed by atoms with Crippen molar-refractivity contribution in [3.8, 4) is 0 Å².